The highest BCUT2D eigenvalue weighted by atomic mass is 16.5. The van der Waals surface area contributed by atoms with Gasteiger partial charge in [-0.1, -0.05) is 44.2 Å². The Hall–Kier alpha value is -3.38. The van der Waals surface area contributed by atoms with Crippen molar-refractivity contribution in [3.8, 4) is 11.6 Å². The van der Waals surface area contributed by atoms with Gasteiger partial charge in [0.1, 0.15) is 23.8 Å². The van der Waals surface area contributed by atoms with Gasteiger partial charge in [0.2, 0.25) is 0 Å². The molecule has 0 aliphatic carbocycles. The highest BCUT2D eigenvalue weighted by Crippen LogP contribution is 2.29. The van der Waals surface area contributed by atoms with Crippen LogP contribution in [0.15, 0.2) is 65.6 Å². The summed E-state index contributed by atoms with van der Waals surface area (Å²) in [6.07, 6.45) is 6.21. The lowest BCUT2D eigenvalue weighted by Crippen LogP contribution is -2.36. The van der Waals surface area contributed by atoms with Gasteiger partial charge in [-0.15, -0.1) is 0 Å². The second-order valence-electron chi connectivity index (χ2n) is 9.38. The molecule has 0 atom stereocenters. The van der Waals surface area contributed by atoms with Crippen LogP contribution in [0.2, 0.25) is 0 Å². The van der Waals surface area contributed by atoms with Gasteiger partial charge in [0.05, 0.1) is 0 Å². The second-order valence-corrected chi connectivity index (χ2v) is 9.38. The van der Waals surface area contributed by atoms with Gasteiger partial charge in [0.25, 0.3) is 5.56 Å². The minimum absolute atomic E-state index is 0.154. The van der Waals surface area contributed by atoms with Gasteiger partial charge in [0, 0.05) is 55.9 Å². The fourth-order valence-electron chi connectivity index (χ4n) is 5.41. The summed E-state index contributed by atoms with van der Waals surface area (Å²) in [5.41, 5.74) is 4.64. The average Bonchev–Trinajstić information content (AvgIpc) is 3.01. The molecule has 4 heterocycles. The van der Waals surface area contributed by atoms with Crippen LogP contribution in [0, 0.1) is 0 Å². The number of hydrogen-bond acceptors (Lipinski definition) is 4. The van der Waals surface area contributed by atoms with Crippen molar-refractivity contribution in [1.29, 1.82) is 0 Å². The number of aromatic nitrogens is 3. The van der Waals surface area contributed by atoms with Crippen molar-refractivity contribution in [2.75, 3.05) is 13.1 Å². The first-order chi connectivity index (χ1) is 17.1. The molecule has 0 amide bonds. The van der Waals surface area contributed by atoms with Crippen molar-refractivity contribution >= 4 is 11.0 Å². The largest absolute Gasteiger partial charge is 0.489 e. The number of aryl methyl sites for hydroxylation is 1. The molecule has 5 rings (SSSR count). The highest BCUT2D eigenvalue weighted by molar-refractivity contribution is 5.83. The zero-order valence-electron chi connectivity index (χ0n) is 20.9. The number of ether oxygens (including phenoxy) is 1. The third kappa shape index (κ3) is 4.63. The summed E-state index contributed by atoms with van der Waals surface area (Å²) in [4.78, 5) is 20.5. The van der Waals surface area contributed by atoms with Crippen molar-refractivity contribution in [1.82, 2.24) is 19.0 Å². The Morgan fingerprint density at radius 3 is 2.51 bits per heavy atom. The number of pyridine rings is 2. The second kappa shape index (κ2) is 10.1. The lowest BCUT2D eigenvalue weighted by atomic mass is 10.1. The Bertz CT molecular complexity index is 1370. The van der Waals surface area contributed by atoms with E-state index in [1.54, 1.807) is 10.8 Å². The van der Waals surface area contributed by atoms with E-state index in [1.165, 1.54) is 35.6 Å². The normalized spacial score (nSPS) is 14.3. The summed E-state index contributed by atoms with van der Waals surface area (Å²) in [7, 11) is 2.11. The van der Waals surface area contributed by atoms with Crippen molar-refractivity contribution < 1.29 is 4.74 Å². The molecule has 0 fully saturated rings. The predicted octanol–water partition coefficient (Wildman–Crippen LogP) is 4.89. The number of nitrogens with zero attached hydrogens (tertiary/aromatic N) is 4. The van der Waals surface area contributed by atoms with E-state index in [2.05, 4.69) is 36.4 Å². The summed E-state index contributed by atoms with van der Waals surface area (Å²) in [6, 6.07) is 18.0. The molecule has 0 saturated heterocycles. The molecule has 0 radical (unpaired) electrons. The summed E-state index contributed by atoms with van der Waals surface area (Å²) in [6.45, 7) is 7.18. The lowest BCUT2D eigenvalue weighted by molar-refractivity contribution is 0.194. The first-order valence-corrected chi connectivity index (χ1v) is 12.7. The maximum Gasteiger partial charge on any atom is 0.259 e. The van der Waals surface area contributed by atoms with Crippen molar-refractivity contribution in [3.05, 3.63) is 88.0 Å². The van der Waals surface area contributed by atoms with Crippen molar-refractivity contribution in [2.24, 2.45) is 7.05 Å². The SMILES string of the molecule is CCC(CC)N1CCc2c(n(C)c3nc(-n4ccc(OCc5ccccc5)cc4=O)ccc23)CC1. The van der Waals surface area contributed by atoms with Crippen LogP contribution in [0.25, 0.3) is 16.9 Å². The quantitative estimate of drug-likeness (QED) is 0.386. The van der Waals surface area contributed by atoms with Crippen LogP contribution in [0.4, 0.5) is 0 Å². The number of hydrogen-bond donors (Lipinski definition) is 0. The molecule has 0 N–H and O–H groups in total. The summed E-state index contributed by atoms with van der Waals surface area (Å²) < 4.78 is 9.63. The lowest BCUT2D eigenvalue weighted by Gasteiger charge is -2.28. The summed E-state index contributed by atoms with van der Waals surface area (Å²) in [5, 5.41) is 1.20. The molecule has 0 bridgehead atoms. The molecule has 6 nitrogen and oxygen atoms in total. The van der Waals surface area contributed by atoms with Crippen molar-refractivity contribution in [3.63, 3.8) is 0 Å². The van der Waals surface area contributed by atoms with Crippen LogP contribution in [0.1, 0.15) is 43.5 Å². The maximum atomic E-state index is 12.9. The van der Waals surface area contributed by atoms with E-state index in [-0.39, 0.29) is 5.56 Å². The third-order valence-electron chi connectivity index (χ3n) is 7.39. The number of fused-ring (bicyclic) bond motifs is 3. The minimum Gasteiger partial charge on any atom is -0.489 e. The maximum absolute atomic E-state index is 12.9. The van der Waals surface area contributed by atoms with Gasteiger partial charge >= 0.3 is 0 Å². The Labute approximate surface area is 206 Å². The molecule has 0 spiro atoms. The highest BCUT2D eigenvalue weighted by Gasteiger charge is 2.24. The molecule has 3 aromatic heterocycles. The van der Waals surface area contributed by atoms with Crippen LogP contribution >= 0.6 is 0 Å². The molecule has 182 valence electrons. The Balaban J connectivity index is 1.39. The van der Waals surface area contributed by atoms with Gasteiger partial charge in [0.15, 0.2) is 0 Å². The van der Waals surface area contributed by atoms with E-state index < -0.39 is 0 Å². The molecule has 0 unspecified atom stereocenters. The molecule has 4 aromatic rings. The standard InChI is InChI=1S/C29H34N4O2/c1-4-22(5-2)32-16-14-24-25-11-12-27(30-29(25)31(3)26(24)15-17-32)33-18-13-23(19-28(33)34)35-20-21-9-7-6-8-10-21/h6-13,18-19,22H,4-5,14-17,20H2,1-3H3. The molecule has 35 heavy (non-hydrogen) atoms. The van der Waals surface area contributed by atoms with Gasteiger partial charge in [-0.2, -0.15) is 0 Å². The van der Waals surface area contributed by atoms with Gasteiger partial charge in [-0.05, 0) is 48.6 Å². The number of benzene rings is 1. The fourth-order valence-corrected chi connectivity index (χ4v) is 5.41. The van der Waals surface area contributed by atoms with E-state index in [9.17, 15) is 4.79 Å². The van der Waals surface area contributed by atoms with E-state index in [0.29, 0.717) is 24.2 Å². The fraction of sp³-hybridized carbons (Fsp3) is 0.379. The molecule has 6 heteroatoms. The van der Waals surface area contributed by atoms with Crippen molar-refractivity contribution in [2.45, 2.75) is 52.2 Å². The molecular weight excluding hydrogens is 436 g/mol. The van der Waals surface area contributed by atoms with Crippen LogP contribution in [0.3, 0.4) is 0 Å². The minimum atomic E-state index is -0.154. The topological polar surface area (TPSA) is 52.3 Å². The van der Waals surface area contributed by atoms with Crippen LogP contribution < -0.4 is 10.3 Å². The first-order valence-electron chi connectivity index (χ1n) is 12.7. The van der Waals surface area contributed by atoms with E-state index in [1.807, 2.05) is 42.5 Å². The first kappa shape index (κ1) is 23.4. The monoisotopic (exact) mass is 470 g/mol. The van der Waals surface area contributed by atoms with Gasteiger partial charge in [-0.3, -0.25) is 14.3 Å². The summed E-state index contributed by atoms with van der Waals surface area (Å²) >= 11 is 0. The Kier molecular flexibility index (Phi) is 6.73. The van der Waals surface area contributed by atoms with Gasteiger partial charge in [-0.25, -0.2) is 4.98 Å². The molecule has 0 saturated carbocycles. The van der Waals surface area contributed by atoms with E-state index in [0.717, 1.165) is 37.1 Å². The molecule has 1 aliphatic rings. The van der Waals surface area contributed by atoms with Crippen LogP contribution in [-0.4, -0.2) is 38.1 Å². The average molecular weight is 471 g/mol. The summed E-state index contributed by atoms with van der Waals surface area (Å²) in [5.74, 6) is 1.19. The molecule has 1 aromatic carbocycles. The zero-order chi connectivity index (χ0) is 24.4. The van der Waals surface area contributed by atoms with Crippen LogP contribution in [0.5, 0.6) is 5.75 Å². The molecular formula is C29H34N4O2. The molecule has 1 aliphatic heterocycles. The van der Waals surface area contributed by atoms with E-state index >= 15 is 0 Å². The Morgan fingerprint density at radius 1 is 1.00 bits per heavy atom. The third-order valence-corrected chi connectivity index (χ3v) is 7.39. The van der Waals surface area contributed by atoms with Gasteiger partial charge < -0.3 is 9.30 Å². The zero-order valence-corrected chi connectivity index (χ0v) is 20.9. The number of rotatable bonds is 7. The predicted molar refractivity (Wildman–Crippen MR) is 140 cm³/mol. The van der Waals surface area contributed by atoms with E-state index in [4.69, 9.17) is 9.72 Å². The smallest absolute Gasteiger partial charge is 0.259 e. The Morgan fingerprint density at radius 2 is 1.77 bits per heavy atom. The van der Waals surface area contributed by atoms with Crippen LogP contribution in [-0.2, 0) is 26.5 Å².